The van der Waals surface area contributed by atoms with Crippen LogP contribution in [0.15, 0.2) is 0 Å². The Labute approximate surface area is 116 Å². The van der Waals surface area contributed by atoms with E-state index in [0.717, 1.165) is 32.4 Å². The molecule has 1 aliphatic rings. The van der Waals surface area contributed by atoms with E-state index < -0.39 is 7.60 Å². The highest BCUT2D eigenvalue weighted by Gasteiger charge is 2.33. The Balaban J connectivity index is 2.65. The SMILES string of the molecule is CC(C)OP(=O)(CC(=O)N1CCCCC1)OC(C)C. The summed E-state index contributed by atoms with van der Waals surface area (Å²) in [5.74, 6) is -0.121. The Morgan fingerprint density at radius 2 is 1.53 bits per heavy atom. The predicted molar refractivity (Wildman–Crippen MR) is 75.3 cm³/mol. The molecule has 0 aromatic rings. The minimum atomic E-state index is -3.35. The van der Waals surface area contributed by atoms with Gasteiger partial charge in [0, 0.05) is 13.1 Å². The number of piperidine rings is 1. The second-order valence-corrected chi connectivity index (χ2v) is 7.48. The molecule has 0 atom stereocenters. The molecule has 0 bridgehead atoms. The fourth-order valence-corrected chi connectivity index (χ4v) is 4.17. The lowest BCUT2D eigenvalue weighted by Crippen LogP contribution is -2.37. The summed E-state index contributed by atoms with van der Waals surface area (Å²) in [5.41, 5.74) is 0. The molecule has 0 aliphatic carbocycles. The van der Waals surface area contributed by atoms with Gasteiger partial charge in [-0.3, -0.25) is 9.36 Å². The van der Waals surface area contributed by atoms with Crippen molar-refractivity contribution in [1.29, 1.82) is 0 Å². The van der Waals surface area contributed by atoms with Crippen LogP contribution in [0, 0.1) is 0 Å². The Bertz CT molecular complexity index is 324. The lowest BCUT2D eigenvalue weighted by Gasteiger charge is -2.29. The summed E-state index contributed by atoms with van der Waals surface area (Å²) < 4.78 is 23.4. The van der Waals surface area contributed by atoms with Crippen molar-refractivity contribution in [3.05, 3.63) is 0 Å². The number of hydrogen-bond donors (Lipinski definition) is 0. The molecule has 1 amide bonds. The molecule has 0 spiro atoms. The van der Waals surface area contributed by atoms with Crippen LogP contribution in [0.1, 0.15) is 47.0 Å². The first-order valence-electron chi connectivity index (χ1n) is 7.06. The first-order chi connectivity index (χ1) is 8.82. The molecule has 1 fully saturated rings. The van der Waals surface area contributed by atoms with Crippen LogP contribution in [-0.2, 0) is 18.4 Å². The molecule has 0 unspecified atom stereocenters. The van der Waals surface area contributed by atoms with Gasteiger partial charge in [0.2, 0.25) is 5.91 Å². The van der Waals surface area contributed by atoms with Gasteiger partial charge < -0.3 is 13.9 Å². The van der Waals surface area contributed by atoms with Crippen molar-refractivity contribution < 1.29 is 18.4 Å². The van der Waals surface area contributed by atoms with Crippen LogP contribution in [0.2, 0.25) is 0 Å². The molecular weight excluding hydrogens is 265 g/mol. The second-order valence-electron chi connectivity index (χ2n) is 5.52. The molecule has 0 N–H and O–H groups in total. The normalized spacial score (nSPS) is 17.3. The topological polar surface area (TPSA) is 55.8 Å². The van der Waals surface area contributed by atoms with Gasteiger partial charge >= 0.3 is 7.60 Å². The van der Waals surface area contributed by atoms with Crippen LogP contribution in [-0.4, -0.2) is 42.3 Å². The molecule has 1 rings (SSSR count). The number of amides is 1. The number of carbonyl (C=O) groups excluding carboxylic acids is 1. The van der Waals surface area contributed by atoms with Crippen molar-refractivity contribution >= 4 is 13.5 Å². The molecule has 0 saturated carbocycles. The van der Waals surface area contributed by atoms with Crippen LogP contribution in [0.4, 0.5) is 0 Å². The molecule has 0 aromatic carbocycles. The summed E-state index contributed by atoms with van der Waals surface area (Å²) >= 11 is 0. The zero-order chi connectivity index (χ0) is 14.5. The summed E-state index contributed by atoms with van der Waals surface area (Å²) in [6.45, 7) is 8.68. The number of nitrogens with zero attached hydrogens (tertiary/aromatic N) is 1. The molecule has 0 aromatic heterocycles. The molecule has 1 saturated heterocycles. The Morgan fingerprint density at radius 3 is 1.95 bits per heavy atom. The van der Waals surface area contributed by atoms with E-state index in [4.69, 9.17) is 9.05 Å². The predicted octanol–water partition coefficient (Wildman–Crippen LogP) is 3.04. The molecule has 0 radical (unpaired) electrons. The van der Waals surface area contributed by atoms with E-state index in [-0.39, 0.29) is 24.3 Å². The molecule has 1 heterocycles. The summed E-state index contributed by atoms with van der Waals surface area (Å²) in [7, 11) is -3.35. The molecule has 19 heavy (non-hydrogen) atoms. The van der Waals surface area contributed by atoms with Gasteiger partial charge in [0.05, 0.1) is 12.2 Å². The van der Waals surface area contributed by atoms with E-state index in [2.05, 4.69) is 0 Å². The molecule has 5 nitrogen and oxygen atoms in total. The molecule has 1 aliphatic heterocycles. The van der Waals surface area contributed by atoms with Gasteiger partial charge in [-0.15, -0.1) is 0 Å². The minimum Gasteiger partial charge on any atom is -0.342 e. The van der Waals surface area contributed by atoms with Crippen molar-refractivity contribution in [1.82, 2.24) is 4.90 Å². The van der Waals surface area contributed by atoms with Gasteiger partial charge in [0.25, 0.3) is 0 Å². The maximum Gasteiger partial charge on any atom is 0.340 e. The zero-order valence-electron chi connectivity index (χ0n) is 12.4. The first kappa shape index (κ1) is 16.7. The fraction of sp³-hybridized carbons (Fsp3) is 0.923. The highest BCUT2D eigenvalue weighted by molar-refractivity contribution is 7.54. The molecular formula is C13H26NO4P. The lowest BCUT2D eigenvalue weighted by molar-refractivity contribution is -0.129. The lowest BCUT2D eigenvalue weighted by atomic mass is 10.1. The third kappa shape index (κ3) is 6.07. The van der Waals surface area contributed by atoms with E-state index in [1.165, 1.54) is 0 Å². The monoisotopic (exact) mass is 291 g/mol. The van der Waals surface area contributed by atoms with E-state index >= 15 is 0 Å². The maximum atomic E-state index is 12.6. The van der Waals surface area contributed by atoms with E-state index in [0.29, 0.717) is 0 Å². The van der Waals surface area contributed by atoms with Gasteiger partial charge in [-0.2, -0.15) is 0 Å². The van der Waals surface area contributed by atoms with E-state index in [1.807, 2.05) is 0 Å². The Morgan fingerprint density at radius 1 is 1.05 bits per heavy atom. The van der Waals surface area contributed by atoms with Crippen LogP contribution in [0.5, 0.6) is 0 Å². The average Bonchev–Trinajstić information content (AvgIpc) is 2.27. The summed E-state index contributed by atoms with van der Waals surface area (Å²) in [6, 6.07) is 0. The number of likely N-dealkylation sites (tertiary alicyclic amines) is 1. The summed E-state index contributed by atoms with van der Waals surface area (Å²) in [6.07, 6.45) is 2.60. The first-order valence-corrected chi connectivity index (χ1v) is 8.79. The van der Waals surface area contributed by atoms with Crippen LogP contribution in [0.25, 0.3) is 0 Å². The Hall–Kier alpha value is -0.380. The third-order valence-corrected chi connectivity index (χ3v) is 4.92. The van der Waals surface area contributed by atoms with Crippen molar-refractivity contribution in [2.75, 3.05) is 19.3 Å². The van der Waals surface area contributed by atoms with Gasteiger partial charge in [0.1, 0.15) is 6.16 Å². The fourth-order valence-electron chi connectivity index (χ4n) is 2.15. The second kappa shape index (κ2) is 7.41. The quantitative estimate of drug-likeness (QED) is 0.706. The van der Waals surface area contributed by atoms with Crippen LogP contribution in [0.3, 0.4) is 0 Å². The van der Waals surface area contributed by atoms with Gasteiger partial charge in [0.15, 0.2) is 0 Å². The van der Waals surface area contributed by atoms with Crippen LogP contribution < -0.4 is 0 Å². The van der Waals surface area contributed by atoms with Crippen molar-refractivity contribution in [2.45, 2.75) is 59.2 Å². The largest absolute Gasteiger partial charge is 0.342 e. The van der Waals surface area contributed by atoms with Gasteiger partial charge in [-0.05, 0) is 47.0 Å². The average molecular weight is 291 g/mol. The minimum absolute atomic E-state index is 0.121. The zero-order valence-corrected chi connectivity index (χ0v) is 13.3. The number of carbonyl (C=O) groups is 1. The molecule has 112 valence electrons. The third-order valence-electron chi connectivity index (χ3n) is 2.78. The number of rotatable bonds is 6. The standard InChI is InChI=1S/C13H26NO4P/c1-11(2)17-19(16,18-12(3)4)10-13(15)14-8-6-5-7-9-14/h11-12H,5-10H2,1-4H3. The highest BCUT2D eigenvalue weighted by atomic mass is 31.2. The van der Waals surface area contributed by atoms with Crippen LogP contribution >= 0.6 is 7.60 Å². The van der Waals surface area contributed by atoms with Crippen molar-refractivity contribution in [3.63, 3.8) is 0 Å². The van der Waals surface area contributed by atoms with E-state index in [9.17, 15) is 9.36 Å². The summed E-state index contributed by atoms with van der Waals surface area (Å²) in [4.78, 5) is 13.9. The smallest absolute Gasteiger partial charge is 0.340 e. The van der Waals surface area contributed by atoms with Gasteiger partial charge in [-0.25, -0.2) is 0 Å². The number of hydrogen-bond acceptors (Lipinski definition) is 4. The van der Waals surface area contributed by atoms with Gasteiger partial charge in [-0.1, -0.05) is 0 Å². The molecule has 6 heteroatoms. The highest BCUT2D eigenvalue weighted by Crippen LogP contribution is 2.50. The summed E-state index contributed by atoms with van der Waals surface area (Å²) in [5, 5.41) is 0. The maximum absolute atomic E-state index is 12.6. The van der Waals surface area contributed by atoms with Crippen molar-refractivity contribution in [3.8, 4) is 0 Å². The van der Waals surface area contributed by atoms with Crippen molar-refractivity contribution in [2.24, 2.45) is 0 Å². The van der Waals surface area contributed by atoms with E-state index in [1.54, 1.807) is 32.6 Å². The Kier molecular flexibility index (Phi) is 6.51.